The van der Waals surface area contributed by atoms with Gasteiger partial charge in [-0.15, -0.1) is 0 Å². The fourth-order valence-corrected chi connectivity index (χ4v) is 10.8. The van der Waals surface area contributed by atoms with Gasteiger partial charge in [0.05, 0.1) is 18.9 Å². The molecule has 3 aliphatic rings. The maximum atomic E-state index is 7.14. The summed E-state index contributed by atoms with van der Waals surface area (Å²) in [5, 5.41) is 0.420. The highest BCUT2D eigenvalue weighted by molar-refractivity contribution is 6.74. The van der Waals surface area contributed by atoms with Crippen molar-refractivity contribution in [3.63, 3.8) is 0 Å². The van der Waals surface area contributed by atoms with Crippen LogP contribution in [0.1, 0.15) is 106 Å². The second-order valence-corrected chi connectivity index (χ2v) is 27.9. The van der Waals surface area contributed by atoms with Crippen LogP contribution < -0.4 is 0 Å². The Kier molecular flexibility index (Phi) is 10.7. The Morgan fingerprint density at radius 1 is 0.886 bits per heavy atom. The number of rotatable bonds is 10. The van der Waals surface area contributed by atoms with E-state index in [1.165, 1.54) is 37.7 Å². The van der Waals surface area contributed by atoms with E-state index >= 15 is 0 Å². The lowest BCUT2D eigenvalue weighted by atomic mass is 9.49. The molecule has 0 aliphatic heterocycles. The summed E-state index contributed by atoms with van der Waals surface area (Å²) in [6.45, 7) is 35.9. The summed E-state index contributed by atoms with van der Waals surface area (Å²) >= 11 is 0. The second-order valence-electron chi connectivity index (χ2n) is 18.4. The van der Waals surface area contributed by atoms with E-state index in [4.69, 9.17) is 13.6 Å². The molecular formula is C38H67NO3Si2. The zero-order chi connectivity index (χ0) is 32.8. The first-order chi connectivity index (χ1) is 20.2. The highest BCUT2D eigenvalue weighted by Crippen LogP contribution is 2.64. The Labute approximate surface area is 273 Å². The summed E-state index contributed by atoms with van der Waals surface area (Å²) in [6, 6.07) is 6.12. The molecule has 250 valence electrons. The summed E-state index contributed by atoms with van der Waals surface area (Å²) in [5.41, 5.74) is 2.93. The summed E-state index contributed by atoms with van der Waals surface area (Å²) in [5.74, 6) is 2.25. The van der Waals surface area contributed by atoms with E-state index in [9.17, 15) is 0 Å². The zero-order valence-electron chi connectivity index (χ0n) is 30.6. The van der Waals surface area contributed by atoms with Gasteiger partial charge in [-0.3, -0.25) is 4.98 Å². The monoisotopic (exact) mass is 641 g/mol. The standard InChI is InChI=1S/C38H67NO3Si2/c1-28-17-18-33-32(27-40-26-30-16-14-15-23-39-30)34(20-22-37(28,33)8)38(9)21-19-31(42-44(12,13)36(5,6)7)24-29(38)25-41-43(10,11)35(2,3)4/h14-16,23,29,31-34H,1,17-22,24-27H2,2-13H3/t29-,31?,32+,33+,34+,37-,38+/m1/s1. The Morgan fingerprint density at radius 3 is 2.18 bits per heavy atom. The van der Waals surface area contributed by atoms with E-state index in [1.54, 1.807) is 0 Å². The van der Waals surface area contributed by atoms with Crippen molar-refractivity contribution in [2.45, 2.75) is 149 Å². The summed E-state index contributed by atoms with van der Waals surface area (Å²) < 4.78 is 20.8. The van der Waals surface area contributed by atoms with Crippen LogP contribution >= 0.6 is 0 Å². The van der Waals surface area contributed by atoms with Gasteiger partial charge in [0.2, 0.25) is 0 Å². The summed E-state index contributed by atoms with van der Waals surface area (Å²) in [6.07, 6.45) is 10.6. The molecule has 3 saturated carbocycles. The predicted octanol–water partition coefficient (Wildman–Crippen LogP) is 10.8. The van der Waals surface area contributed by atoms with Crippen molar-refractivity contribution in [3.05, 3.63) is 42.2 Å². The van der Waals surface area contributed by atoms with Gasteiger partial charge in [0.15, 0.2) is 16.6 Å². The van der Waals surface area contributed by atoms with E-state index in [2.05, 4.69) is 105 Å². The van der Waals surface area contributed by atoms with Crippen LogP contribution in [0.25, 0.3) is 0 Å². The topological polar surface area (TPSA) is 40.6 Å². The molecule has 1 unspecified atom stereocenters. The lowest BCUT2D eigenvalue weighted by molar-refractivity contribution is -0.110. The van der Waals surface area contributed by atoms with Crippen molar-refractivity contribution in [1.29, 1.82) is 0 Å². The molecule has 0 bridgehead atoms. The lowest BCUT2D eigenvalue weighted by Crippen LogP contribution is -2.54. The van der Waals surface area contributed by atoms with Crippen molar-refractivity contribution in [3.8, 4) is 0 Å². The molecule has 44 heavy (non-hydrogen) atoms. The SMILES string of the molecule is C=C1CC[C@H]2[C@H](COCc3ccccn3)[C@@H]([C@@]3(C)CCC(O[Si](C)(C)C(C)(C)C)C[C@@H]3CO[Si](C)(C)C(C)(C)C)CC[C@]12C. The third-order valence-electron chi connectivity index (χ3n) is 13.7. The Bertz CT molecular complexity index is 1120. The Morgan fingerprint density at radius 2 is 1.57 bits per heavy atom. The van der Waals surface area contributed by atoms with Crippen LogP contribution in [-0.4, -0.2) is 40.9 Å². The van der Waals surface area contributed by atoms with Gasteiger partial charge in [-0.2, -0.15) is 0 Å². The largest absolute Gasteiger partial charge is 0.417 e. The lowest BCUT2D eigenvalue weighted by Gasteiger charge is -2.58. The average molecular weight is 642 g/mol. The maximum absolute atomic E-state index is 7.14. The van der Waals surface area contributed by atoms with Crippen LogP contribution in [0.2, 0.25) is 36.3 Å². The van der Waals surface area contributed by atoms with Crippen LogP contribution in [0, 0.1) is 34.5 Å². The molecule has 0 saturated heterocycles. The van der Waals surface area contributed by atoms with Crippen LogP contribution in [-0.2, 0) is 20.2 Å². The van der Waals surface area contributed by atoms with Crippen LogP contribution in [0.5, 0.6) is 0 Å². The third kappa shape index (κ3) is 7.35. The Balaban J connectivity index is 1.63. The molecular weight excluding hydrogens is 575 g/mol. The van der Waals surface area contributed by atoms with Gasteiger partial charge < -0.3 is 13.6 Å². The van der Waals surface area contributed by atoms with Gasteiger partial charge in [-0.05, 0) is 128 Å². The molecule has 4 rings (SSSR count). The number of nitrogens with zero attached hydrogens (tertiary/aromatic N) is 1. The van der Waals surface area contributed by atoms with Crippen LogP contribution in [0.3, 0.4) is 0 Å². The van der Waals surface area contributed by atoms with Gasteiger partial charge in [0.25, 0.3) is 0 Å². The van der Waals surface area contributed by atoms with E-state index < -0.39 is 16.6 Å². The molecule has 0 spiro atoms. The van der Waals surface area contributed by atoms with Crippen molar-refractivity contribution < 1.29 is 13.6 Å². The number of hydrogen-bond donors (Lipinski definition) is 0. The molecule has 1 aromatic rings. The minimum atomic E-state index is -1.89. The maximum Gasteiger partial charge on any atom is 0.192 e. The molecule has 3 aliphatic carbocycles. The molecule has 1 heterocycles. The summed E-state index contributed by atoms with van der Waals surface area (Å²) in [4.78, 5) is 4.55. The zero-order valence-corrected chi connectivity index (χ0v) is 32.6. The highest BCUT2D eigenvalue weighted by atomic mass is 28.4. The number of allylic oxidation sites excluding steroid dienone is 1. The second kappa shape index (κ2) is 13.0. The quantitative estimate of drug-likeness (QED) is 0.188. The fourth-order valence-electron chi connectivity index (χ4n) is 8.38. The van der Waals surface area contributed by atoms with Crippen molar-refractivity contribution >= 4 is 16.6 Å². The Hall–Kier alpha value is -0.796. The summed E-state index contributed by atoms with van der Waals surface area (Å²) in [7, 11) is -3.76. The predicted molar refractivity (Wildman–Crippen MR) is 191 cm³/mol. The fraction of sp³-hybridized carbons (Fsp3) is 0.816. The molecule has 0 aromatic carbocycles. The first-order valence-electron chi connectivity index (χ1n) is 17.7. The first kappa shape index (κ1) is 36.0. The number of hydrogen-bond acceptors (Lipinski definition) is 4. The van der Waals surface area contributed by atoms with E-state index in [0.717, 1.165) is 31.7 Å². The van der Waals surface area contributed by atoms with Crippen LogP contribution in [0.4, 0.5) is 0 Å². The normalized spacial score (nSPS) is 33.8. The van der Waals surface area contributed by atoms with Crippen LogP contribution in [0.15, 0.2) is 36.5 Å². The molecule has 0 radical (unpaired) electrons. The van der Waals surface area contributed by atoms with Crippen molar-refractivity contribution in [2.24, 2.45) is 34.5 Å². The smallest absolute Gasteiger partial charge is 0.192 e. The molecule has 4 nitrogen and oxygen atoms in total. The van der Waals surface area contributed by atoms with E-state index in [-0.39, 0.29) is 20.9 Å². The van der Waals surface area contributed by atoms with Gasteiger partial charge >= 0.3 is 0 Å². The molecule has 0 amide bonds. The highest BCUT2D eigenvalue weighted by Gasteiger charge is 2.57. The minimum absolute atomic E-state index is 0.194. The third-order valence-corrected chi connectivity index (χ3v) is 22.8. The molecule has 1 aromatic heterocycles. The van der Waals surface area contributed by atoms with E-state index in [0.29, 0.717) is 36.4 Å². The molecule has 0 N–H and O–H groups in total. The van der Waals surface area contributed by atoms with Gasteiger partial charge in [-0.25, -0.2) is 0 Å². The minimum Gasteiger partial charge on any atom is -0.417 e. The molecule has 7 atom stereocenters. The first-order valence-corrected chi connectivity index (χ1v) is 23.5. The molecule has 3 fully saturated rings. The van der Waals surface area contributed by atoms with E-state index in [1.807, 2.05) is 12.3 Å². The van der Waals surface area contributed by atoms with Crippen molar-refractivity contribution in [2.75, 3.05) is 13.2 Å². The van der Waals surface area contributed by atoms with Gasteiger partial charge in [0.1, 0.15) is 0 Å². The average Bonchev–Trinajstić information content (AvgIpc) is 3.22. The number of fused-ring (bicyclic) bond motifs is 1. The van der Waals surface area contributed by atoms with Crippen molar-refractivity contribution in [1.82, 2.24) is 4.98 Å². The van der Waals surface area contributed by atoms with Gasteiger partial charge in [0, 0.05) is 18.9 Å². The number of pyridine rings is 1. The number of aromatic nitrogens is 1. The number of ether oxygens (including phenoxy) is 1. The van der Waals surface area contributed by atoms with Gasteiger partial charge in [-0.1, -0.05) is 73.6 Å². The molecule has 6 heteroatoms.